The SMILES string of the molecule is C=C/C=C\c1c(C)oc2c(-c3c4ccccc4c(-c4ccc5c(c4)C(C)(C)c4ccccc4-5)c4cc(-c5ccc6c(c5)C(C)(C)c5ccccc5-6)ccc34)cccc12. The fourth-order valence-electron chi connectivity index (χ4n) is 10.5. The highest BCUT2D eigenvalue weighted by Gasteiger charge is 2.37. The molecule has 0 bridgehead atoms. The number of hydrogen-bond acceptors (Lipinski definition) is 1. The lowest BCUT2D eigenvalue weighted by atomic mass is 9.80. The Morgan fingerprint density at radius 3 is 1.62 bits per heavy atom. The van der Waals surface area contributed by atoms with Gasteiger partial charge in [0.2, 0.25) is 0 Å². The third-order valence-corrected chi connectivity index (χ3v) is 13.4. The van der Waals surface area contributed by atoms with E-state index in [1.54, 1.807) is 0 Å². The molecule has 0 atom stereocenters. The van der Waals surface area contributed by atoms with Gasteiger partial charge in [-0.3, -0.25) is 0 Å². The van der Waals surface area contributed by atoms with Crippen molar-refractivity contribution in [1.82, 2.24) is 0 Å². The molecule has 9 aromatic rings. The summed E-state index contributed by atoms with van der Waals surface area (Å²) in [5.41, 5.74) is 19.9. The van der Waals surface area contributed by atoms with Gasteiger partial charge in [-0.05, 0) is 113 Å². The lowest BCUT2D eigenvalue weighted by Crippen LogP contribution is -2.14. The van der Waals surface area contributed by atoms with Crippen molar-refractivity contribution in [3.8, 4) is 55.6 Å². The monoisotopic (exact) mass is 744 g/mol. The van der Waals surface area contributed by atoms with Crippen LogP contribution in [0.15, 0.2) is 169 Å². The van der Waals surface area contributed by atoms with Crippen LogP contribution >= 0.6 is 0 Å². The Bertz CT molecular complexity index is 3250. The fraction of sp³-hybridized carbons (Fsp3) is 0.123. The minimum absolute atomic E-state index is 0.0817. The molecule has 0 amide bonds. The zero-order valence-electron chi connectivity index (χ0n) is 33.7. The highest BCUT2D eigenvalue weighted by molar-refractivity contribution is 6.24. The van der Waals surface area contributed by atoms with E-state index < -0.39 is 0 Å². The van der Waals surface area contributed by atoms with Crippen LogP contribution < -0.4 is 0 Å². The number of aryl methyl sites for hydroxylation is 1. The molecule has 0 aliphatic heterocycles. The van der Waals surface area contributed by atoms with Crippen LogP contribution in [0.3, 0.4) is 0 Å². The molecule has 0 saturated heterocycles. The maximum Gasteiger partial charge on any atom is 0.142 e. The summed E-state index contributed by atoms with van der Waals surface area (Å²) in [5.74, 6) is 0.900. The number of furan rings is 1. The highest BCUT2D eigenvalue weighted by atomic mass is 16.3. The normalized spacial score (nSPS) is 14.6. The fourth-order valence-corrected chi connectivity index (χ4v) is 10.5. The van der Waals surface area contributed by atoms with Crippen LogP contribution in [0.1, 0.15) is 61.3 Å². The van der Waals surface area contributed by atoms with Gasteiger partial charge in [0, 0.05) is 32.9 Å². The standard InChI is InChI=1S/C57H44O/c1-7-8-16-38-34(2)58-55-46(38)21-15-22-47(55)54-44-20-10-9-19-43(44)53(37-27-29-42-40-18-12-14-24-50(40)57(5,6)52(42)33-37)48-31-35(26-30-45(48)54)36-25-28-41-39-17-11-13-23-49(39)56(3,4)51(41)32-36/h7-33H,1H2,2-6H3/b16-8-. The first-order chi connectivity index (χ1) is 28.2. The van der Waals surface area contributed by atoms with Crippen LogP contribution in [0.5, 0.6) is 0 Å². The third-order valence-electron chi connectivity index (χ3n) is 13.4. The molecule has 1 heterocycles. The van der Waals surface area contributed by atoms with Crippen molar-refractivity contribution in [2.24, 2.45) is 0 Å². The molecular formula is C57H44O. The molecule has 1 heteroatoms. The van der Waals surface area contributed by atoms with Crippen LogP contribution in [0.25, 0.3) is 94.2 Å². The van der Waals surface area contributed by atoms with Crippen molar-refractivity contribution < 1.29 is 4.42 Å². The van der Waals surface area contributed by atoms with Gasteiger partial charge in [0.25, 0.3) is 0 Å². The molecular weight excluding hydrogens is 701 g/mol. The second kappa shape index (κ2) is 12.4. The van der Waals surface area contributed by atoms with Crippen LogP contribution in [0, 0.1) is 6.92 Å². The Hall–Kier alpha value is -6.70. The Morgan fingerprint density at radius 1 is 0.448 bits per heavy atom. The lowest BCUT2D eigenvalue weighted by molar-refractivity contribution is 0.578. The number of hydrogen-bond donors (Lipinski definition) is 0. The van der Waals surface area contributed by atoms with Crippen molar-refractivity contribution in [3.63, 3.8) is 0 Å². The van der Waals surface area contributed by atoms with E-state index in [0.717, 1.165) is 27.9 Å². The van der Waals surface area contributed by atoms with Gasteiger partial charge in [-0.15, -0.1) is 0 Å². The summed E-state index contributed by atoms with van der Waals surface area (Å²) in [6.07, 6.45) is 5.91. The molecule has 0 fully saturated rings. The smallest absolute Gasteiger partial charge is 0.142 e. The molecule has 2 aliphatic rings. The van der Waals surface area contributed by atoms with Crippen LogP contribution in [0.2, 0.25) is 0 Å². The lowest BCUT2D eigenvalue weighted by Gasteiger charge is -2.23. The molecule has 278 valence electrons. The van der Waals surface area contributed by atoms with Gasteiger partial charge >= 0.3 is 0 Å². The molecule has 8 aromatic carbocycles. The van der Waals surface area contributed by atoms with E-state index in [0.29, 0.717) is 0 Å². The molecule has 0 saturated carbocycles. The molecule has 0 radical (unpaired) electrons. The zero-order chi connectivity index (χ0) is 39.5. The quantitative estimate of drug-likeness (QED) is 0.126. The summed E-state index contributed by atoms with van der Waals surface area (Å²) >= 11 is 0. The third kappa shape index (κ3) is 4.77. The van der Waals surface area contributed by atoms with E-state index in [1.165, 1.54) is 93.9 Å². The average molecular weight is 745 g/mol. The topological polar surface area (TPSA) is 13.1 Å². The van der Waals surface area contributed by atoms with E-state index in [2.05, 4.69) is 193 Å². The maximum absolute atomic E-state index is 6.69. The second-order valence-electron chi connectivity index (χ2n) is 17.3. The van der Waals surface area contributed by atoms with Gasteiger partial charge in [-0.1, -0.05) is 180 Å². The number of rotatable bonds is 5. The van der Waals surface area contributed by atoms with E-state index >= 15 is 0 Å². The minimum Gasteiger partial charge on any atom is -0.460 e. The van der Waals surface area contributed by atoms with E-state index in [-0.39, 0.29) is 10.8 Å². The van der Waals surface area contributed by atoms with Crippen molar-refractivity contribution in [2.75, 3.05) is 0 Å². The Morgan fingerprint density at radius 2 is 0.948 bits per heavy atom. The van der Waals surface area contributed by atoms with Gasteiger partial charge in [0.15, 0.2) is 0 Å². The second-order valence-corrected chi connectivity index (χ2v) is 17.3. The van der Waals surface area contributed by atoms with Gasteiger partial charge < -0.3 is 4.42 Å². The average Bonchev–Trinajstić information content (AvgIpc) is 3.79. The summed E-state index contributed by atoms with van der Waals surface area (Å²) in [6.45, 7) is 15.4. The summed E-state index contributed by atoms with van der Waals surface area (Å²) in [7, 11) is 0. The summed E-state index contributed by atoms with van der Waals surface area (Å²) in [6, 6.07) is 54.8. The molecule has 58 heavy (non-hydrogen) atoms. The first kappa shape index (κ1) is 34.5. The Balaban J connectivity index is 1.21. The van der Waals surface area contributed by atoms with Crippen molar-refractivity contribution in [1.29, 1.82) is 0 Å². The number of allylic oxidation sites excluding steroid dienone is 2. The van der Waals surface area contributed by atoms with Gasteiger partial charge in [0.1, 0.15) is 11.3 Å². The Kier molecular flexibility index (Phi) is 7.38. The van der Waals surface area contributed by atoms with Crippen molar-refractivity contribution >= 4 is 38.6 Å². The maximum atomic E-state index is 6.69. The predicted molar refractivity (Wildman–Crippen MR) is 247 cm³/mol. The van der Waals surface area contributed by atoms with E-state index in [4.69, 9.17) is 4.42 Å². The first-order valence-corrected chi connectivity index (χ1v) is 20.5. The highest BCUT2D eigenvalue weighted by Crippen LogP contribution is 2.53. The predicted octanol–water partition coefficient (Wildman–Crippen LogP) is 15.9. The summed E-state index contributed by atoms with van der Waals surface area (Å²) in [4.78, 5) is 0. The van der Waals surface area contributed by atoms with Crippen LogP contribution in [-0.2, 0) is 10.8 Å². The molecule has 2 aliphatic carbocycles. The van der Waals surface area contributed by atoms with Gasteiger partial charge in [-0.25, -0.2) is 0 Å². The molecule has 1 nitrogen and oxygen atoms in total. The molecule has 0 spiro atoms. The minimum atomic E-state index is -0.113. The number of fused-ring (bicyclic) bond motifs is 9. The van der Waals surface area contributed by atoms with Crippen LogP contribution in [0.4, 0.5) is 0 Å². The van der Waals surface area contributed by atoms with E-state index in [9.17, 15) is 0 Å². The zero-order valence-corrected chi connectivity index (χ0v) is 33.7. The molecule has 1 aromatic heterocycles. The van der Waals surface area contributed by atoms with Crippen molar-refractivity contribution in [2.45, 2.75) is 45.4 Å². The van der Waals surface area contributed by atoms with E-state index in [1.807, 2.05) is 12.2 Å². The number of para-hydroxylation sites is 1. The molecule has 0 unspecified atom stereocenters. The Labute approximate surface area is 340 Å². The molecule has 0 N–H and O–H groups in total. The summed E-state index contributed by atoms with van der Waals surface area (Å²) in [5, 5.41) is 5.98. The first-order valence-electron chi connectivity index (χ1n) is 20.5. The molecule has 11 rings (SSSR count). The number of benzene rings is 8. The van der Waals surface area contributed by atoms with Crippen molar-refractivity contribution in [3.05, 3.63) is 198 Å². The van der Waals surface area contributed by atoms with Crippen LogP contribution in [-0.4, -0.2) is 0 Å². The summed E-state index contributed by atoms with van der Waals surface area (Å²) < 4.78 is 6.69. The largest absolute Gasteiger partial charge is 0.460 e. The van der Waals surface area contributed by atoms with Gasteiger partial charge in [-0.2, -0.15) is 0 Å². The van der Waals surface area contributed by atoms with Gasteiger partial charge in [0.05, 0.1) is 0 Å².